The summed E-state index contributed by atoms with van der Waals surface area (Å²) in [5, 5.41) is 7.56. The molecule has 1 N–H and O–H groups in total. The van der Waals surface area contributed by atoms with Crippen LogP contribution in [0.4, 0.5) is 15.8 Å². The van der Waals surface area contributed by atoms with Crippen molar-refractivity contribution in [2.45, 2.75) is 11.8 Å². The Hall–Kier alpha value is -2.32. The largest absolute Gasteiger partial charge is 0.494 e. The van der Waals surface area contributed by atoms with Gasteiger partial charge in [-0.1, -0.05) is 0 Å². The molecular weight excluding hydrogens is 311 g/mol. The number of hydrogen-bond acceptors (Lipinski definition) is 5. The Balaban J connectivity index is 2.18. The number of rotatable bonds is 5. The fraction of sp³-hybridized carbons (Fsp3) is 0.143. The number of benzene rings is 2. The van der Waals surface area contributed by atoms with E-state index in [1.54, 1.807) is 13.0 Å². The second-order valence-corrected chi connectivity index (χ2v) is 5.64. The van der Waals surface area contributed by atoms with Crippen LogP contribution in [-0.4, -0.2) is 19.6 Å². The van der Waals surface area contributed by atoms with Crippen LogP contribution in [-0.2, 0) is 10.1 Å². The van der Waals surface area contributed by atoms with Crippen LogP contribution >= 0.6 is 0 Å². The van der Waals surface area contributed by atoms with Crippen molar-refractivity contribution in [3.8, 4) is 5.75 Å². The van der Waals surface area contributed by atoms with E-state index in [9.17, 15) is 12.8 Å². The summed E-state index contributed by atoms with van der Waals surface area (Å²) in [4.78, 5) is -0.251. The van der Waals surface area contributed by atoms with E-state index in [4.69, 9.17) is 9.29 Å². The van der Waals surface area contributed by atoms with E-state index in [0.717, 1.165) is 0 Å². The molecule has 0 aromatic heterocycles. The third-order valence-corrected chi connectivity index (χ3v) is 3.51. The molecule has 8 heteroatoms. The molecule has 2 aromatic carbocycles. The van der Waals surface area contributed by atoms with Crippen LogP contribution in [0, 0.1) is 5.82 Å². The molecule has 22 heavy (non-hydrogen) atoms. The number of azo groups is 1. The van der Waals surface area contributed by atoms with Gasteiger partial charge in [0.15, 0.2) is 5.82 Å². The van der Waals surface area contributed by atoms with Gasteiger partial charge in [0, 0.05) is 6.07 Å². The van der Waals surface area contributed by atoms with Gasteiger partial charge in [0.1, 0.15) is 11.4 Å². The maximum absolute atomic E-state index is 13.8. The third kappa shape index (κ3) is 4.09. The zero-order valence-corrected chi connectivity index (χ0v) is 12.4. The van der Waals surface area contributed by atoms with Crippen LogP contribution in [0.15, 0.2) is 57.6 Å². The Kier molecular flexibility index (Phi) is 4.84. The smallest absolute Gasteiger partial charge is 0.294 e. The molecule has 0 saturated carbocycles. The van der Waals surface area contributed by atoms with E-state index in [0.29, 0.717) is 18.0 Å². The Labute approximate surface area is 127 Å². The Morgan fingerprint density at radius 1 is 1.14 bits per heavy atom. The quantitative estimate of drug-likeness (QED) is 0.667. The zero-order chi connectivity index (χ0) is 16.2. The van der Waals surface area contributed by atoms with Gasteiger partial charge in [-0.3, -0.25) is 4.55 Å². The number of halogens is 1. The second-order valence-electron chi connectivity index (χ2n) is 4.22. The molecule has 2 aromatic rings. The van der Waals surface area contributed by atoms with E-state index >= 15 is 0 Å². The minimum Gasteiger partial charge on any atom is -0.494 e. The normalized spacial score (nSPS) is 11.8. The van der Waals surface area contributed by atoms with Gasteiger partial charge in [-0.25, -0.2) is 4.39 Å². The van der Waals surface area contributed by atoms with Gasteiger partial charge < -0.3 is 4.74 Å². The molecule has 0 amide bonds. The first-order valence-electron chi connectivity index (χ1n) is 6.32. The maximum Gasteiger partial charge on any atom is 0.294 e. The van der Waals surface area contributed by atoms with Gasteiger partial charge in [-0.2, -0.15) is 13.5 Å². The molecule has 0 radical (unpaired) electrons. The monoisotopic (exact) mass is 324 g/mol. The number of ether oxygens (including phenoxy) is 1. The van der Waals surface area contributed by atoms with Crippen LogP contribution < -0.4 is 4.74 Å². The van der Waals surface area contributed by atoms with Gasteiger partial charge in [-0.15, -0.1) is 5.11 Å². The summed E-state index contributed by atoms with van der Waals surface area (Å²) in [6.45, 7) is 2.22. The predicted molar refractivity (Wildman–Crippen MR) is 78.0 cm³/mol. The first-order valence-corrected chi connectivity index (χ1v) is 7.76. The summed E-state index contributed by atoms with van der Waals surface area (Å²) in [7, 11) is -4.25. The Bertz CT molecular complexity index is 789. The van der Waals surface area contributed by atoms with Gasteiger partial charge in [-0.05, 0) is 43.3 Å². The van der Waals surface area contributed by atoms with Crippen molar-refractivity contribution in [3.63, 3.8) is 0 Å². The molecule has 0 bridgehead atoms. The van der Waals surface area contributed by atoms with Gasteiger partial charge >= 0.3 is 0 Å². The molecular formula is C14H13FN2O4S. The Morgan fingerprint density at radius 2 is 1.82 bits per heavy atom. The molecule has 0 aliphatic carbocycles. The Morgan fingerprint density at radius 3 is 2.36 bits per heavy atom. The van der Waals surface area contributed by atoms with Crippen molar-refractivity contribution in [3.05, 3.63) is 48.3 Å². The lowest BCUT2D eigenvalue weighted by molar-refractivity contribution is 0.338. The highest BCUT2D eigenvalue weighted by Gasteiger charge is 2.08. The van der Waals surface area contributed by atoms with Crippen molar-refractivity contribution >= 4 is 21.5 Å². The fourth-order valence-electron chi connectivity index (χ4n) is 1.62. The first-order chi connectivity index (χ1) is 10.4. The van der Waals surface area contributed by atoms with E-state index in [2.05, 4.69) is 10.2 Å². The van der Waals surface area contributed by atoms with Crippen molar-refractivity contribution in [2.24, 2.45) is 10.2 Å². The van der Waals surface area contributed by atoms with Crippen molar-refractivity contribution < 1.29 is 22.1 Å². The molecule has 2 rings (SSSR count). The summed E-state index contributed by atoms with van der Waals surface area (Å²) < 4.78 is 49.5. The molecule has 0 fully saturated rings. The minimum atomic E-state index is -4.25. The van der Waals surface area contributed by atoms with Crippen LogP contribution in [0.3, 0.4) is 0 Å². The summed E-state index contributed by atoms with van der Waals surface area (Å²) in [6.07, 6.45) is 0. The van der Waals surface area contributed by atoms with Gasteiger partial charge in [0.05, 0.1) is 17.2 Å². The van der Waals surface area contributed by atoms with E-state index in [1.807, 2.05) is 0 Å². The second kappa shape index (κ2) is 6.63. The topological polar surface area (TPSA) is 88.3 Å². The summed E-state index contributed by atoms with van der Waals surface area (Å²) in [5.74, 6) is -0.180. The molecule has 0 heterocycles. The van der Waals surface area contributed by atoms with E-state index in [1.165, 1.54) is 36.4 Å². The lowest BCUT2D eigenvalue weighted by atomic mass is 10.3. The maximum atomic E-state index is 13.8. The van der Waals surface area contributed by atoms with E-state index in [-0.39, 0.29) is 10.6 Å². The average molecular weight is 324 g/mol. The lowest BCUT2D eigenvalue weighted by Gasteiger charge is -2.03. The van der Waals surface area contributed by atoms with Crippen LogP contribution in [0.1, 0.15) is 6.92 Å². The molecule has 0 saturated heterocycles. The highest BCUT2D eigenvalue weighted by molar-refractivity contribution is 7.85. The fourth-order valence-corrected chi connectivity index (χ4v) is 2.10. The third-order valence-electron chi connectivity index (χ3n) is 2.64. The van der Waals surface area contributed by atoms with E-state index < -0.39 is 15.9 Å². The molecule has 0 aliphatic rings. The van der Waals surface area contributed by atoms with Gasteiger partial charge in [0.2, 0.25) is 0 Å². The summed E-state index contributed by atoms with van der Waals surface area (Å²) in [6, 6.07) is 9.26. The van der Waals surface area contributed by atoms with Crippen molar-refractivity contribution in [1.82, 2.24) is 0 Å². The van der Waals surface area contributed by atoms with Crippen LogP contribution in [0.25, 0.3) is 0 Å². The number of nitrogens with zero attached hydrogens (tertiary/aromatic N) is 2. The van der Waals surface area contributed by atoms with Gasteiger partial charge in [0.25, 0.3) is 10.1 Å². The lowest BCUT2D eigenvalue weighted by Crippen LogP contribution is -1.96. The summed E-state index contributed by atoms with van der Waals surface area (Å²) >= 11 is 0. The molecule has 0 spiro atoms. The molecule has 0 unspecified atom stereocenters. The molecule has 0 atom stereocenters. The number of hydrogen-bond donors (Lipinski definition) is 1. The predicted octanol–water partition coefficient (Wildman–Crippen LogP) is 3.89. The highest BCUT2D eigenvalue weighted by Crippen LogP contribution is 2.25. The van der Waals surface area contributed by atoms with Crippen LogP contribution in [0.5, 0.6) is 5.75 Å². The standard InChI is InChI=1S/C14H13FN2O4S/c1-2-21-11-5-8-14(13(15)9-11)17-16-10-3-6-12(7-4-10)22(18,19)20/h3-9H,2H2,1H3,(H,18,19,20). The van der Waals surface area contributed by atoms with Crippen molar-refractivity contribution in [1.29, 1.82) is 0 Å². The summed E-state index contributed by atoms with van der Waals surface area (Å²) in [5.41, 5.74) is 0.350. The molecule has 0 aliphatic heterocycles. The highest BCUT2D eigenvalue weighted by atomic mass is 32.2. The molecule has 116 valence electrons. The van der Waals surface area contributed by atoms with Crippen molar-refractivity contribution in [2.75, 3.05) is 6.61 Å². The average Bonchev–Trinajstić information content (AvgIpc) is 2.46. The minimum absolute atomic E-state index is 0.0299. The molecule has 6 nitrogen and oxygen atoms in total. The van der Waals surface area contributed by atoms with Crippen LogP contribution in [0.2, 0.25) is 0 Å². The zero-order valence-electron chi connectivity index (χ0n) is 11.6. The first kappa shape index (κ1) is 16.1. The SMILES string of the molecule is CCOc1ccc(N=Nc2ccc(S(=O)(=O)O)cc2)c(F)c1.